The second kappa shape index (κ2) is 7.07. The standard InChI is InChI=1S/C20H19NO2/c1-23-20-12-19(13-21-14-20)17-7-5-16(6-8-17)18-4-2-3-15(11-18)9-10-22/h2-8,11-14,22H,9-10H2,1H3. The number of aliphatic hydroxyl groups excluding tert-OH is 1. The number of aliphatic hydroxyl groups is 1. The number of pyridine rings is 1. The van der Waals surface area contributed by atoms with Gasteiger partial charge in [-0.2, -0.15) is 0 Å². The van der Waals surface area contributed by atoms with Crippen LogP contribution < -0.4 is 4.74 Å². The van der Waals surface area contributed by atoms with Crippen LogP contribution in [0.1, 0.15) is 5.56 Å². The fourth-order valence-electron chi connectivity index (χ4n) is 2.58. The van der Waals surface area contributed by atoms with Gasteiger partial charge in [0, 0.05) is 18.4 Å². The van der Waals surface area contributed by atoms with E-state index in [1.54, 1.807) is 13.3 Å². The highest BCUT2D eigenvalue weighted by Crippen LogP contribution is 2.26. The fourth-order valence-corrected chi connectivity index (χ4v) is 2.58. The molecule has 0 aliphatic heterocycles. The Kier molecular flexibility index (Phi) is 4.69. The monoisotopic (exact) mass is 305 g/mol. The minimum atomic E-state index is 0.172. The highest BCUT2D eigenvalue weighted by atomic mass is 16.5. The first-order valence-electron chi connectivity index (χ1n) is 7.60. The SMILES string of the molecule is COc1cncc(-c2ccc(-c3cccc(CCO)c3)cc2)c1. The van der Waals surface area contributed by atoms with Crippen LogP contribution in [0.4, 0.5) is 0 Å². The third-order valence-corrected chi connectivity index (χ3v) is 3.83. The third kappa shape index (κ3) is 3.58. The minimum absolute atomic E-state index is 0.172. The van der Waals surface area contributed by atoms with Gasteiger partial charge in [-0.1, -0.05) is 48.5 Å². The highest BCUT2D eigenvalue weighted by molar-refractivity contribution is 5.70. The zero-order valence-corrected chi connectivity index (χ0v) is 13.1. The lowest BCUT2D eigenvalue weighted by molar-refractivity contribution is 0.299. The summed E-state index contributed by atoms with van der Waals surface area (Å²) in [5, 5.41) is 9.07. The van der Waals surface area contributed by atoms with Crippen LogP contribution in [0.2, 0.25) is 0 Å². The van der Waals surface area contributed by atoms with Crippen molar-refractivity contribution in [2.45, 2.75) is 6.42 Å². The van der Waals surface area contributed by atoms with Crippen molar-refractivity contribution in [1.29, 1.82) is 0 Å². The molecule has 3 nitrogen and oxygen atoms in total. The van der Waals surface area contributed by atoms with Crippen molar-refractivity contribution in [3.05, 3.63) is 72.6 Å². The summed E-state index contributed by atoms with van der Waals surface area (Å²) in [6.45, 7) is 0.172. The molecule has 1 heterocycles. The number of aromatic nitrogens is 1. The van der Waals surface area contributed by atoms with Gasteiger partial charge in [0.05, 0.1) is 13.3 Å². The lowest BCUT2D eigenvalue weighted by atomic mass is 9.99. The second-order valence-corrected chi connectivity index (χ2v) is 5.36. The second-order valence-electron chi connectivity index (χ2n) is 5.36. The number of rotatable bonds is 5. The van der Waals surface area contributed by atoms with Crippen molar-refractivity contribution in [2.75, 3.05) is 13.7 Å². The summed E-state index contributed by atoms with van der Waals surface area (Å²) in [6, 6.07) is 18.6. The Bertz CT molecular complexity index is 782. The van der Waals surface area contributed by atoms with E-state index in [0.717, 1.165) is 33.6 Å². The third-order valence-electron chi connectivity index (χ3n) is 3.83. The Balaban J connectivity index is 1.88. The van der Waals surface area contributed by atoms with E-state index in [0.29, 0.717) is 6.42 Å². The largest absolute Gasteiger partial charge is 0.495 e. The number of benzene rings is 2. The smallest absolute Gasteiger partial charge is 0.137 e. The van der Waals surface area contributed by atoms with Gasteiger partial charge in [0.15, 0.2) is 0 Å². The topological polar surface area (TPSA) is 42.4 Å². The van der Waals surface area contributed by atoms with Gasteiger partial charge in [-0.3, -0.25) is 4.98 Å². The molecule has 3 rings (SSSR count). The van der Waals surface area contributed by atoms with Crippen LogP contribution in [-0.4, -0.2) is 23.8 Å². The molecule has 23 heavy (non-hydrogen) atoms. The van der Waals surface area contributed by atoms with Crippen molar-refractivity contribution in [2.24, 2.45) is 0 Å². The van der Waals surface area contributed by atoms with Gasteiger partial charge in [0.2, 0.25) is 0 Å². The van der Waals surface area contributed by atoms with Gasteiger partial charge in [-0.05, 0) is 34.7 Å². The molecule has 0 fully saturated rings. The minimum Gasteiger partial charge on any atom is -0.495 e. The van der Waals surface area contributed by atoms with Crippen molar-refractivity contribution in [3.63, 3.8) is 0 Å². The normalized spacial score (nSPS) is 10.5. The van der Waals surface area contributed by atoms with Gasteiger partial charge < -0.3 is 9.84 Å². The van der Waals surface area contributed by atoms with Crippen LogP contribution in [0.5, 0.6) is 5.75 Å². The number of methoxy groups -OCH3 is 1. The first-order valence-corrected chi connectivity index (χ1v) is 7.60. The maximum absolute atomic E-state index is 9.07. The van der Waals surface area contributed by atoms with Gasteiger partial charge >= 0.3 is 0 Å². The van der Waals surface area contributed by atoms with Crippen LogP contribution in [0.3, 0.4) is 0 Å². The fraction of sp³-hybridized carbons (Fsp3) is 0.150. The molecule has 0 saturated heterocycles. The average molecular weight is 305 g/mol. The molecule has 1 N–H and O–H groups in total. The quantitative estimate of drug-likeness (QED) is 0.776. The lowest BCUT2D eigenvalue weighted by Gasteiger charge is -2.07. The molecule has 3 aromatic rings. The number of nitrogens with zero attached hydrogens (tertiary/aromatic N) is 1. The van der Waals surface area contributed by atoms with E-state index in [1.807, 2.05) is 24.4 Å². The van der Waals surface area contributed by atoms with Crippen LogP contribution in [-0.2, 0) is 6.42 Å². The highest BCUT2D eigenvalue weighted by Gasteiger charge is 2.03. The summed E-state index contributed by atoms with van der Waals surface area (Å²) in [5.74, 6) is 0.753. The molecule has 0 saturated carbocycles. The van der Waals surface area contributed by atoms with Crippen molar-refractivity contribution in [1.82, 2.24) is 4.98 Å². The Hall–Kier alpha value is -2.65. The summed E-state index contributed by atoms with van der Waals surface area (Å²) >= 11 is 0. The molecule has 0 aliphatic rings. The van der Waals surface area contributed by atoms with E-state index in [2.05, 4.69) is 41.4 Å². The summed E-state index contributed by atoms with van der Waals surface area (Å²) < 4.78 is 5.22. The summed E-state index contributed by atoms with van der Waals surface area (Å²) in [5.41, 5.74) is 5.60. The molecule has 0 radical (unpaired) electrons. The number of hydrogen-bond acceptors (Lipinski definition) is 3. The molecule has 0 amide bonds. The Labute approximate surface area is 136 Å². The van der Waals surface area contributed by atoms with Crippen LogP contribution in [0.25, 0.3) is 22.3 Å². The molecule has 0 atom stereocenters. The molecule has 0 unspecified atom stereocenters. The van der Waals surface area contributed by atoms with E-state index in [9.17, 15) is 0 Å². The van der Waals surface area contributed by atoms with Crippen LogP contribution in [0, 0.1) is 0 Å². The maximum Gasteiger partial charge on any atom is 0.137 e. The van der Waals surface area contributed by atoms with Gasteiger partial charge in [0.25, 0.3) is 0 Å². The summed E-state index contributed by atoms with van der Waals surface area (Å²) in [4.78, 5) is 4.20. The van der Waals surface area contributed by atoms with E-state index in [4.69, 9.17) is 9.84 Å². The average Bonchev–Trinajstić information content (AvgIpc) is 2.62. The molecule has 0 spiro atoms. The Morgan fingerprint density at radius 3 is 2.30 bits per heavy atom. The molecule has 1 aromatic heterocycles. The first kappa shape index (κ1) is 15.3. The predicted molar refractivity (Wildman–Crippen MR) is 92.5 cm³/mol. The predicted octanol–water partition coefficient (Wildman–Crippen LogP) is 3.96. The van der Waals surface area contributed by atoms with Gasteiger partial charge in [0.1, 0.15) is 5.75 Å². The zero-order valence-electron chi connectivity index (χ0n) is 13.1. The molecule has 2 aromatic carbocycles. The molecule has 3 heteroatoms. The number of hydrogen-bond donors (Lipinski definition) is 1. The Morgan fingerprint density at radius 1 is 0.870 bits per heavy atom. The first-order chi connectivity index (χ1) is 11.3. The van der Waals surface area contributed by atoms with Gasteiger partial charge in [-0.25, -0.2) is 0 Å². The van der Waals surface area contributed by atoms with E-state index in [1.165, 1.54) is 0 Å². The zero-order chi connectivity index (χ0) is 16.1. The Morgan fingerprint density at radius 2 is 1.61 bits per heavy atom. The number of ether oxygens (including phenoxy) is 1. The maximum atomic E-state index is 9.07. The van der Waals surface area contributed by atoms with Crippen LogP contribution >= 0.6 is 0 Å². The van der Waals surface area contributed by atoms with Crippen molar-refractivity contribution < 1.29 is 9.84 Å². The molecule has 0 bridgehead atoms. The molecule has 0 aliphatic carbocycles. The molecule has 116 valence electrons. The lowest BCUT2D eigenvalue weighted by Crippen LogP contribution is -1.90. The van der Waals surface area contributed by atoms with E-state index in [-0.39, 0.29) is 6.61 Å². The van der Waals surface area contributed by atoms with Crippen molar-refractivity contribution in [3.8, 4) is 28.0 Å². The molecular weight excluding hydrogens is 286 g/mol. The van der Waals surface area contributed by atoms with E-state index < -0.39 is 0 Å². The molecular formula is C20H19NO2. The van der Waals surface area contributed by atoms with E-state index >= 15 is 0 Å². The van der Waals surface area contributed by atoms with Crippen LogP contribution in [0.15, 0.2) is 67.0 Å². The summed E-state index contributed by atoms with van der Waals surface area (Å²) in [7, 11) is 1.64. The van der Waals surface area contributed by atoms with Gasteiger partial charge in [-0.15, -0.1) is 0 Å². The summed E-state index contributed by atoms with van der Waals surface area (Å²) in [6.07, 6.45) is 4.21. The van der Waals surface area contributed by atoms with Crippen molar-refractivity contribution >= 4 is 0 Å².